The lowest BCUT2D eigenvalue weighted by atomic mass is 10.1. The first-order valence-corrected chi connectivity index (χ1v) is 11.9. The molecule has 180 valence electrons. The number of carbonyl (C=O) groups is 1. The molecule has 4 aromatic carbocycles. The molecule has 0 saturated carbocycles. The lowest BCUT2D eigenvalue weighted by Crippen LogP contribution is -2.28. The molecule has 0 saturated heterocycles. The Morgan fingerprint density at radius 2 is 1.51 bits per heavy atom. The van der Waals surface area contributed by atoms with Gasteiger partial charge in [-0.2, -0.15) is 0 Å². The number of benzene rings is 4. The van der Waals surface area contributed by atoms with Crippen molar-refractivity contribution >= 4 is 28.4 Å². The molecule has 8 heteroatoms. The average Bonchev–Trinajstić information content (AvgIpc) is 2.89. The Hall–Kier alpha value is -4.14. The predicted octanol–water partition coefficient (Wildman–Crippen LogP) is 4.99. The van der Waals surface area contributed by atoms with Crippen LogP contribution < -0.4 is 20.1 Å². The highest BCUT2D eigenvalue weighted by molar-refractivity contribution is 7.86. The predicted molar refractivity (Wildman–Crippen MR) is 141 cm³/mol. The molecule has 0 radical (unpaired) electrons. The van der Waals surface area contributed by atoms with E-state index < -0.39 is 11.0 Å². The minimum Gasteiger partial charge on any atom is -0.497 e. The molecule has 4 aromatic rings. The van der Waals surface area contributed by atoms with Gasteiger partial charge in [0.2, 0.25) is 0 Å². The zero-order chi connectivity index (χ0) is 23.8. The van der Waals surface area contributed by atoms with Crippen molar-refractivity contribution in [3.05, 3.63) is 109 Å². The fraction of sp³-hybridized carbons (Fsp3) is 0.0741. The second-order valence-electron chi connectivity index (χ2n) is 7.47. The molecule has 4 rings (SSSR count). The molecule has 7 nitrogen and oxygen atoms in total. The van der Waals surface area contributed by atoms with Crippen LogP contribution in [0.1, 0.15) is 5.56 Å². The first-order chi connectivity index (χ1) is 16.6. The minimum absolute atomic E-state index is 0. The summed E-state index contributed by atoms with van der Waals surface area (Å²) in [5.41, 5.74) is 4.17. The topological polar surface area (TPSA) is 111 Å². The van der Waals surface area contributed by atoms with Gasteiger partial charge in [0.1, 0.15) is 5.75 Å². The Morgan fingerprint density at radius 3 is 2.26 bits per heavy atom. The molecule has 0 aliphatic carbocycles. The number of nitrogens with one attached hydrogen (secondary N) is 3. The number of amides is 2. The molecule has 2 amide bonds. The van der Waals surface area contributed by atoms with Gasteiger partial charge in [0.25, 0.3) is 0 Å². The largest absolute Gasteiger partial charge is 0.497 e. The normalized spacial score (nSPS) is 11.0. The van der Waals surface area contributed by atoms with Gasteiger partial charge in [0.05, 0.1) is 12.0 Å². The van der Waals surface area contributed by atoms with Gasteiger partial charge in [-0.15, -0.1) is 0 Å². The van der Waals surface area contributed by atoms with E-state index in [9.17, 15) is 9.00 Å². The van der Waals surface area contributed by atoms with E-state index in [1.165, 1.54) is 0 Å². The van der Waals surface area contributed by atoms with Crippen molar-refractivity contribution < 1.29 is 19.2 Å². The van der Waals surface area contributed by atoms with Gasteiger partial charge in [-0.05, 0) is 59.2 Å². The number of carbonyl (C=O) groups excluding carboxylic acids is 1. The highest BCUT2D eigenvalue weighted by Gasteiger charge is 2.11. The quantitative estimate of drug-likeness (QED) is 0.324. The van der Waals surface area contributed by atoms with Crippen molar-refractivity contribution in [2.45, 2.75) is 11.4 Å². The van der Waals surface area contributed by atoms with E-state index >= 15 is 0 Å². The maximum atomic E-state index is 13.0. The van der Waals surface area contributed by atoms with Crippen LogP contribution >= 0.6 is 0 Å². The first kappa shape index (κ1) is 25.5. The monoisotopic (exact) mass is 489 g/mol. The van der Waals surface area contributed by atoms with Crippen molar-refractivity contribution in [2.24, 2.45) is 0 Å². The Kier molecular flexibility index (Phi) is 9.00. The van der Waals surface area contributed by atoms with E-state index in [0.717, 1.165) is 22.4 Å². The van der Waals surface area contributed by atoms with Crippen LogP contribution in [0.2, 0.25) is 0 Å². The third-order valence-electron chi connectivity index (χ3n) is 5.11. The van der Waals surface area contributed by atoms with Crippen molar-refractivity contribution in [3.8, 4) is 16.9 Å². The SMILES string of the molecule is COc1cccc(CNC(=O)Nc2ccc(NS(=O)c3ccccc3-c3ccccc3)cc2)c1.O. The lowest BCUT2D eigenvalue weighted by molar-refractivity contribution is 0.251. The second kappa shape index (κ2) is 12.4. The van der Waals surface area contributed by atoms with Crippen molar-refractivity contribution in [1.29, 1.82) is 0 Å². The molecule has 0 spiro atoms. The summed E-state index contributed by atoms with van der Waals surface area (Å²) in [4.78, 5) is 12.9. The van der Waals surface area contributed by atoms with Crippen molar-refractivity contribution in [3.63, 3.8) is 0 Å². The van der Waals surface area contributed by atoms with E-state index in [4.69, 9.17) is 4.74 Å². The number of hydrogen-bond acceptors (Lipinski definition) is 3. The Balaban J connectivity index is 0.00000342. The molecular formula is C27H27N3O4S. The standard InChI is InChI=1S/C27H25N3O3S.H2O/c1-33-24-11-7-8-20(18-24)19-28-27(31)29-22-14-16-23(17-15-22)30-34(32)26-13-6-5-12-25(26)21-9-3-2-4-10-21;/h2-18,30H,19H2,1H3,(H2,28,29,31);1H2. The fourth-order valence-electron chi connectivity index (χ4n) is 3.41. The summed E-state index contributed by atoms with van der Waals surface area (Å²) in [7, 11) is 0.156. The zero-order valence-electron chi connectivity index (χ0n) is 19.2. The summed E-state index contributed by atoms with van der Waals surface area (Å²) >= 11 is 0. The fourth-order valence-corrected chi connectivity index (χ4v) is 4.46. The number of hydrogen-bond donors (Lipinski definition) is 3. The number of ether oxygens (including phenoxy) is 1. The molecular weight excluding hydrogens is 462 g/mol. The number of methoxy groups -OCH3 is 1. The molecule has 0 aliphatic rings. The van der Waals surface area contributed by atoms with Crippen LogP contribution in [0, 0.1) is 0 Å². The average molecular weight is 490 g/mol. The summed E-state index contributed by atoms with van der Waals surface area (Å²) in [6.45, 7) is 0.377. The lowest BCUT2D eigenvalue weighted by Gasteiger charge is -2.12. The summed E-state index contributed by atoms with van der Waals surface area (Å²) in [5.74, 6) is 0.742. The summed E-state index contributed by atoms with van der Waals surface area (Å²) < 4.78 is 21.3. The number of anilines is 2. The minimum atomic E-state index is -1.45. The Morgan fingerprint density at radius 1 is 0.829 bits per heavy atom. The van der Waals surface area contributed by atoms with Crippen LogP contribution in [0.25, 0.3) is 11.1 Å². The molecule has 0 aliphatic heterocycles. The summed E-state index contributed by atoms with van der Waals surface area (Å²) in [6, 6.07) is 31.8. The van der Waals surface area contributed by atoms with Gasteiger partial charge in [0, 0.05) is 17.9 Å². The first-order valence-electron chi connectivity index (χ1n) is 10.7. The van der Waals surface area contributed by atoms with Gasteiger partial charge in [-0.1, -0.05) is 60.7 Å². The molecule has 1 atom stereocenters. The van der Waals surface area contributed by atoms with Gasteiger partial charge in [-0.3, -0.25) is 0 Å². The van der Waals surface area contributed by atoms with E-state index in [1.54, 1.807) is 31.4 Å². The Labute approximate surface area is 207 Å². The van der Waals surface area contributed by atoms with Crippen LogP contribution in [-0.4, -0.2) is 22.8 Å². The van der Waals surface area contributed by atoms with Gasteiger partial charge in [-0.25, -0.2) is 9.00 Å². The summed E-state index contributed by atoms with van der Waals surface area (Å²) in [5, 5.41) is 5.62. The Bertz CT molecular complexity index is 1280. The van der Waals surface area contributed by atoms with Crippen molar-refractivity contribution in [1.82, 2.24) is 5.32 Å². The van der Waals surface area contributed by atoms with Crippen LogP contribution in [0.4, 0.5) is 16.2 Å². The van der Waals surface area contributed by atoms with E-state index in [2.05, 4.69) is 15.4 Å². The molecule has 35 heavy (non-hydrogen) atoms. The zero-order valence-corrected chi connectivity index (χ0v) is 20.0. The van der Waals surface area contributed by atoms with Crippen LogP contribution in [0.5, 0.6) is 5.75 Å². The molecule has 5 N–H and O–H groups in total. The molecule has 1 unspecified atom stereocenters. The maximum Gasteiger partial charge on any atom is 0.319 e. The third-order valence-corrected chi connectivity index (χ3v) is 6.29. The van der Waals surface area contributed by atoms with E-state index in [0.29, 0.717) is 22.8 Å². The third kappa shape index (κ3) is 6.92. The number of urea groups is 1. The molecule has 0 heterocycles. The smallest absolute Gasteiger partial charge is 0.319 e. The van der Waals surface area contributed by atoms with Gasteiger partial charge in [0.15, 0.2) is 11.0 Å². The number of rotatable bonds is 8. The van der Waals surface area contributed by atoms with Gasteiger partial charge >= 0.3 is 6.03 Å². The maximum absolute atomic E-state index is 13.0. The van der Waals surface area contributed by atoms with Crippen LogP contribution in [0.15, 0.2) is 108 Å². The van der Waals surface area contributed by atoms with Crippen LogP contribution in [-0.2, 0) is 17.5 Å². The van der Waals surface area contributed by atoms with E-state index in [1.807, 2.05) is 78.9 Å². The van der Waals surface area contributed by atoms with Gasteiger partial charge < -0.3 is 25.6 Å². The van der Waals surface area contributed by atoms with Crippen LogP contribution in [0.3, 0.4) is 0 Å². The molecule has 0 aromatic heterocycles. The van der Waals surface area contributed by atoms with Crippen molar-refractivity contribution in [2.75, 3.05) is 17.1 Å². The van der Waals surface area contributed by atoms with E-state index in [-0.39, 0.29) is 11.5 Å². The highest BCUT2D eigenvalue weighted by atomic mass is 32.2. The molecule has 0 bridgehead atoms. The molecule has 0 fully saturated rings. The summed E-state index contributed by atoms with van der Waals surface area (Å²) in [6.07, 6.45) is 0. The highest BCUT2D eigenvalue weighted by Crippen LogP contribution is 2.27. The second-order valence-corrected chi connectivity index (χ2v) is 8.65.